The summed E-state index contributed by atoms with van der Waals surface area (Å²) >= 11 is 0. The van der Waals surface area contributed by atoms with E-state index in [2.05, 4.69) is 71.5 Å². The molecule has 2 aliphatic rings. The van der Waals surface area contributed by atoms with Crippen LogP contribution in [0.15, 0.2) is 60.9 Å². The Balaban J connectivity index is 1.53. The summed E-state index contributed by atoms with van der Waals surface area (Å²) in [5.74, 6) is 0.973. The van der Waals surface area contributed by atoms with Crippen LogP contribution in [-0.2, 0) is 24.2 Å². The molecule has 2 aromatic heterocycles. The first-order valence-corrected chi connectivity index (χ1v) is 11.6. The maximum atomic E-state index is 12.0. The third-order valence-electron chi connectivity index (χ3n) is 7.04. The Bertz CT molecular complexity index is 1330. The van der Waals surface area contributed by atoms with E-state index in [0.29, 0.717) is 24.5 Å². The molecule has 1 aliphatic heterocycles. The van der Waals surface area contributed by atoms with E-state index in [0.717, 1.165) is 47.6 Å². The number of Topliss-reactive ketones (excluding diaryl/α,β-unsaturated/α-hetero) is 1. The number of hydrogen-bond acceptors (Lipinski definition) is 3. The van der Waals surface area contributed by atoms with Crippen LogP contribution < -0.4 is 5.32 Å². The molecule has 3 heterocycles. The van der Waals surface area contributed by atoms with Gasteiger partial charge in [0.1, 0.15) is 5.78 Å². The second kappa shape index (κ2) is 7.72. The molecular weight excluding hydrogens is 394 g/mol. The molecule has 1 N–H and O–H groups in total. The number of carbonyl (C=O) groups is 1. The summed E-state index contributed by atoms with van der Waals surface area (Å²) in [7, 11) is 0. The molecule has 4 heteroatoms. The monoisotopic (exact) mass is 421 g/mol. The van der Waals surface area contributed by atoms with Gasteiger partial charge >= 0.3 is 0 Å². The Hall–Kier alpha value is -3.24. The molecule has 1 saturated heterocycles. The maximum Gasteiger partial charge on any atom is 0.141 e. The molecule has 0 saturated carbocycles. The van der Waals surface area contributed by atoms with Gasteiger partial charge in [-0.3, -0.25) is 9.78 Å². The number of aryl methyl sites for hydroxylation is 1. The number of nitrogens with one attached hydrogen (secondary N) is 1. The van der Waals surface area contributed by atoms with Gasteiger partial charge in [-0.15, -0.1) is 0 Å². The fraction of sp³-hybridized carbons (Fsp3) is 0.286. The number of rotatable bonds is 4. The second-order valence-electron chi connectivity index (χ2n) is 9.35. The van der Waals surface area contributed by atoms with Crippen LogP contribution in [0.2, 0.25) is 0 Å². The quantitative estimate of drug-likeness (QED) is 0.507. The van der Waals surface area contributed by atoms with E-state index in [1.165, 1.54) is 28.5 Å². The Kier molecular flexibility index (Phi) is 4.69. The van der Waals surface area contributed by atoms with Gasteiger partial charge in [-0.1, -0.05) is 48.0 Å². The van der Waals surface area contributed by atoms with E-state index in [1.54, 1.807) is 0 Å². The fourth-order valence-corrected chi connectivity index (χ4v) is 5.29. The van der Waals surface area contributed by atoms with Crippen LogP contribution in [0.5, 0.6) is 0 Å². The third kappa shape index (κ3) is 3.35. The third-order valence-corrected chi connectivity index (χ3v) is 7.04. The van der Waals surface area contributed by atoms with Crippen molar-refractivity contribution < 1.29 is 4.79 Å². The first-order valence-electron chi connectivity index (χ1n) is 11.6. The van der Waals surface area contributed by atoms with Gasteiger partial charge in [0, 0.05) is 42.1 Å². The first-order chi connectivity index (χ1) is 15.7. The number of nitrogens with zero attached hydrogens (tertiary/aromatic N) is 2. The summed E-state index contributed by atoms with van der Waals surface area (Å²) in [6, 6.07) is 17.4. The van der Waals surface area contributed by atoms with E-state index in [4.69, 9.17) is 4.98 Å². The fourth-order valence-electron chi connectivity index (χ4n) is 5.29. The minimum absolute atomic E-state index is 0.309. The zero-order chi connectivity index (χ0) is 21.7. The first kappa shape index (κ1) is 19.4. The highest BCUT2D eigenvalue weighted by Gasteiger charge is 2.22. The predicted octanol–water partition coefficient (Wildman–Crippen LogP) is 4.96. The summed E-state index contributed by atoms with van der Waals surface area (Å²) in [5.41, 5.74) is 9.18. The zero-order valence-electron chi connectivity index (χ0n) is 18.4. The van der Waals surface area contributed by atoms with E-state index >= 15 is 0 Å². The lowest BCUT2D eigenvalue weighted by molar-refractivity contribution is -0.117. The molecule has 160 valence electrons. The van der Waals surface area contributed by atoms with Crippen LogP contribution in [0.1, 0.15) is 23.1 Å². The molecule has 1 atom stereocenters. The van der Waals surface area contributed by atoms with Crippen molar-refractivity contribution in [1.29, 1.82) is 0 Å². The standard InChI is InChI=1S/C28H27N3O/c1-18-2-4-20(5-3-18)28-27(22-7-6-21-13-24(32)14-23(21)12-22)25-9-11-31(26(25)16-30-28)17-19-8-10-29-15-19/h2-7,9,11-12,16,19,29H,8,10,13-15,17H2,1H3/t19-/m1/s1. The normalized spacial score (nSPS) is 17.9. The van der Waals surface area contributed by atoms with Gasteiger partial charge < -0.3 is 9.88 Å². The van der Waals surface area contributed by atoms with Crippen LogP contribution in [0.25, 0.3) is 33.3 Å². The molecule has 4 nitrogen and oxygen atoms in total. The van der Waals surface area contributed by atoms with Crippen LogP contribution >= 0.6 is 0 Å². The number of carbonyl (C=O) groups excluding carboxylic acids is 1. The van der Waals surface area contributed by atoms with Crippen molar-refractivity contribution in [3.63, 3.8) is 0 Å². The van der Waals surface area contributed by atoms with Crippen LogP contribution in [-0.4, -0.2) is 28.4 Å². The van der Waals surface area contributed by atoms with Gasteiger partial charge in [0.05, 0.1) is 17.4 Å². The number of hydrogen-bond donors (Lipinski definition) is 1. The Labute approximate surface area is 188 Å². The van der Waals surface area contributed by atoms with E-state index < -0.39 is 0 Å². The molecule has 4 aromatic rings. The molecule has 32 heavy (non-hydrogen) atoms. The SMILES string of the molecule is Cc1ccc(-c2ncc3c(ccn3C[C@@H]3CCNC3)c2-c2ccc3c(c2)CC(=O)C3)cc1. The lowest BCUT2D eigenvalue weighted by atomic mass is 9.94. The summed E-state index contributed by atoms with van der Waals surface area (Å²) in [6.45, 7) is 5.32. The van der Waals surface area contributed by atoms with Gasteiger partial charge in [-0.2, -0.15) is 0 Å². The van der Waals surface area contributed by atoms with Gasteiger partial charge in [-0.05, 0) is 55.1 Å². The number of pyridine rings is 1. The predicted molar refractivity (Wildman–Crippen MR) is 129 cm³/mol. The summed E-state index contributed by atoms with van der Waals surface area (Å²) in [5, 5.41) is 4.70. The molecule has 0 spiro atoms. The Morgan fingerprint density at radius 2 is 1.84 bits per heavy atom. The van der Waals surface area contributed by atoms with Gasteiger partial charge in [0.25, 0.3) is 0 Å². The van der Waals surface area contributed by atoms with E-state index in [-0.39, 0.29) is 0 Å². The van der Waals surface area contributed by atoms with Gasteiger partial charge in [0.15, 0.2) is 0 Å². The smallest absolute Gasteiger partial charge is 0.141 e. The highest BCUT2D eigenvalue weighted by Crippen LogP contribution is 2.39. The maximum absolute atomic E-state index is 12.0. The average molecular weight is 422 g/mol. The molecule has 0 radical (unpaired) electrons. The van der Waals surface area contributed by atoms with E-state index in [9.17, 15) is 4.79 Å². The highest BCUT2D eigenvalue weighted by atomic mass is 16.1. The Morgan fingerprint density at radius 1 is 1.03 bits per heavy atom. The molecule has 6 rings (SSSR count). The van der Waals surface area contributed by atoms with Crippen molar-refractivity contribution in [2.45, 2.75) is 32.7 Å². The summed E-state index contributed by atoms with van der Waals surface area (Å²) in [6.07, 6.45) is 6.58. The number of aromatic nitrogens is 2. The van der Waals surface area contributed by atoms with Crippen LogP contribution in [0.3, 0.4) is 0 Å². The number of benzene rings is 2. The summed E-state index contributed by atoms with van der Waals surface area (Å²) in [4.78, 5) is 17.0. The van der Waals surface area contributed by atoms with Crippen molar-refractivity contribution in [3.8, 4) is 22.4 Å². The van der Waals surface area contributed by atoms with Crippen molar-refractivity contribution in [1.82, 2.24) is 14.9 Å². The zero-order valence-corrected chi connectivity index (χ0v) is 18.4. The largest absolute Gasteiger partial charge is 0.346 e. The topological polar surface area (TPSA) is 46.9 Å². The highest BCUT2D eigenvalue weighted by molar-refractivity contribution is 6.02. The van der Waals surface area contributed by atoms with Crippen LogP contribution in [0, 0.1) is 12.8 Å². The molecule has 0 amide bonds. The van der Waals surface area contributed by atoms with Crippen molar-refractivity contribution in [2.75, 3.05) is 13.1 Å². The average Bonchev–Trinajstić information content (AvgIpc) is 3.53. The molecule has 2 aromatic carbocycles. The molecular formula is C28H27N3O. The minimum Gasteiger partial charge on any atom is -0.346 e. The summed E-state index contributed by atoms with van der Waals surface area (Å²) < 4.78 is 2.36. The van der Waals surface area contributed by atoms with Gasteiger partial charge in [0.2, 0.25) is 0 Å². The minimum atomic E-state index is 0.309. The van der Waals surface area contributed by atoms with Gasteiger partial charge in [-0.25, -0.2) is 0 Å². The van der Waals surface area contributed by atoms with Crippen LogP contribution in [0.4, 0.5) is 0 Å². The number of ketones is 1. The van der Waals surface area contributed by atoms with Crippen molar-refractivity contribution in [3.05, 3.63) is 77.6 Å². The molecule has 1 aliphatic carbocycles. The molecule has 0 bridgehead atoms. The lowest BCUT2D eigenvalue weighted by Crippen LogP contribution is -2.14. The number of fused-ring (bicyclic) bond motifs is 2. The van der Waals surface area contributed by atoms with Crippen molar-refractivity contribution >= 4 is 16.7 Å². The molecule has 1 fully saturated rings. The second-order valence-corrected chi connectivity index (χ2v) is 9.35. The van der Waals surface area contributed by atoms with E-state index in [1.807, 2.05) is 6.20 Å². The lowest BCUT2D eigenvalue weighted by Gasteiger charge is -2.15. The molecule has 0 unspecified atom stereocenters. The van der Waals surface area contributed by atoms with Crippen molar-refractivity contribution in [2.24, 2.45) is 5.92 Å². The Morgan fingerprint density at radius 3 is 2.66 bits per heavy atom.